The molecule has 0 spiro atoms. The van der Waals surface area contributed by atoms with Gasteiger partial charge in [-0.15, -0.1) is 6.42 Å². The van der Waals surface area contributed by atoms with E-state index in [2.05, 4.69) is 5.92 Å². The molecule has 0 unspecified atom stereocenters. The quantitative estimate of drug-likeness (QED) is 0.448. The summed E-state index contributed by atoms with van der Waals surface area (Å²) >= 11 is 0. The van der Waals surface area contributed by atoms with E-state index in [1.807, 2.05) is 18.2 Å². The molecule has 4 heteroatoms. The Labute approximate surface area is 136 Å². The second-order valence-corrected chi connectivity index (χ2v) is 4.74. The summed E-state index contributed by atoms with van der Waals surface area (Å²) in [5.74, 6) is 1.21. The molecule has 0 aliphatic carbocycles. The molecule has 0 aliphatic rings. The second-order valence-electron chi connectivity index (χ2n) is 4.74. The number of hydrogen-bond acceptors (Lipinski definition) is 4. The lowest BCUT2D eigenvalue weighted by Crippen LogP contribution is -2.39. The Morgan fingerprint density at radius 3 is 2.17 bits per heavy atom. The average Bonchev–Trinajstić information content (AvgIpc) is 2.62. The van der Waals surface area contributed by atoms with E-state index in [1.54, 1.807) is 36.4 Å². The zero-order valence-electron chi connectivity index (χ0n) is 13.1. The topological polar surface area (TPSA) is 44.8 Å². The van der Waals surface area contributed by atoms with Crippen molar-refractivity contribution in [2.45, 2.75) is 5.79 Å². The van der Waals surface area contributed by atoms with Gasteiger partial charge in [0.2, 0.25) is 5.78 Å². The second kappa shape index (κ2) is 7.59. The third-order valence-electron chi connectivity index (χ3n) is 3.47. The molecule has 23 heavy (non-hydrogen) atoms. The van der Waals surface area contributed by atoms with Crippen molar-refractivity contribution in [2.24, 2.45) is 0 Å². The van der Waals surface area contributed by atoms with Gasteiger partial charge >= 0.3 is 0 Å². The summed E-state index contributed by atoms with van der Waals surface area (Å²) in [5, 5.41) is 0. The van der Waals surface area contributed by atoms with Gasteiger partial charge in [0.15, 0.2) is 0 Å². The van der Waals surface area contributed by atoms with Crippen LogP contribution in [0.25, 0.3) is 0 Å². The molecule has 0 aliphatic heterocycles. The minimum atomic E-state index is -1.48. The van der Waals surface area contributed by atoms with Crippen LogP contribution in [-0.2, 0) is 15.3 Å². The third-order valence-corrected chi connectivity index (χ3v) is 3.47. The predicted octanol–water partition coefficient (Wildman–Crippen LogP) is 3.03. The first-order valence-electron chi connectivity index (χ1n) is 7.05. The van der Waals surface area contributed by atoms with E-state index in [-0.39, 0.29) is 12.4 Å². The summed E-state index contributed by atoms with van der Waals surface area (Å²) in [6, 6.07) is 15.8. The summed E-state index contributed by atoms with van der Waals surface area (Å²) in [6.07, 6.45) is 5.15. The fourth-order valence-electron chi connectivity index (χ4n) is 2.31. The summed E-state index contributed by atoms with van der Waals surface area (Å²) < 4.78 is 16.2. The highest BCUT2D eigenvalue weighted by Crippen LogP contribution is 2.30. The molecule has 2 rings (SSSR count). The molecule has 0 N–H and O–H groups in total. The number of terminal acetylenes is 1. The van der Waals surface area contributed by atoms with Crippen molar-refractivity contribution in [3.63, 3.8) is 0 Å². The zero-order chi connectivity index (χ0) is 16.7. The van der Waals surface area contributed by atoms with Crippen molar-refractivity contribution in [1.29, 1.82) is 0 Å². The van der Waals surface area contributed by atoms with E-state index in [9.17, 15) is 4.79 Å². The number of ether oxygens (including phenoxy) is 3. The molecule has 0 heterocycles. The van der Waals surface area contributed by atoms with Gasteiger partial charge in [0.25, 0.3) is 5.79 Å². The van der Waals surface area contributed by atoms with Gasteiger partial charge in [0.05, 0.1) is 0 Å². The number of Topliss-reactive ketones (excluding diaryl/α,β-unsaturated/α-hetero) is 1. The molecule has 0 aromatic heterocycles. The van der Waals surface area contributed by atoms with Crippen molar-refractivity contribution in [3.8, 4) is 18.1 Å². The van der Waals surface area contributed by atoms with Gasteiger partial charge in [0.1, 0.15) is 12.4 Å². The maximum Gasteiger partial charge on any atom is 0.260 e. The fourth-order valence-corrected chi connectivity index (χ4v) is 2.31. The number of methoxy groups -OCH3 is 2. The SMILES string of the molecule is C#CCOc1ccc(C(=O)C(OC)(OC)c2ccccc2)cc1. The lowest BCUT2D eigenvalue weighted by Gasteiger charge is -2.29. The van der Waals surface area contributed by atoms with Crippen LogP contribution in [0.5, 0.6) is 5.75 Å². The van der Waals surface area contributed by atoms with Gasteiger partial charge < -0.3 is 14.2 Å². The molecular weight excluding hydrogens is 292 g/mol. The lowest BCUT2D eigenvalue weighted by molar-refractivity contribution is -0.176. The summed E-state index contributed by atoms with van der Waals surface area (Å²) in [5.41, 5.74) is 1.08. The molecule has 0 atom stereocenters. The molecule has 118 valence electrons. The van der Waals surface area contributed by atoms with Crippen molar-refractivity contribution < 1.29 is 19.0 Å². The Hall–Kier alpha value is -2.61. The van der Waals surface area contributed by atoms with E-state index in [0.717, 1.165) is 0 Å². The molecule has 0 saturated heterocycles. The summed E-state index contributed by atoms with van der Waals surface area (Å²) in [4.78, 5) is 12.9. The number of carbonyl (C=O) groups is 1. The minimum absolute atomic E-state index is 0.178. The van der Waals surface area contributed by atoms with Crippen molar-refractivity contribution in [1.82, 2.24) is 0 Å². The van der Waals surface area contributed by atoms with Crippen LogP contribution in [0.2, 0.25) is 0 Å². The smallest absolute Gasteiger partial charge is 0.260 e. The first-order valence-corrected chi connectivity index (χ1v) is 7.05. The highest BCUT2D eigenvalue weighted by Gasteiger charge is 2.41. The van der Waals surface area contributed by atoms with Crippen LogP contribution in [0.1, 0.15) is 15.9 Å². The van der Waals surface area contributed by atoms with Crippen molar-refractivity contribution in [2.75, 3.05) is 20.8 Å². The molecule has 0 fully saturated rings. The zero-order valence-corrected chi connectivity index (χ0v) is 13.1. The van der Waals surface area contributed by atoms with Gasteiger partial charge in [-0.2, -0.15) is 0 Å². The predicted molar refractivity (Wildman–Crippen MR) is 87.2 cm³/mol. The number of rotatable bonds is 7. The summed E-state index contributed by atoms with van der Waals surface area (Å²) in [7, 11) is 2.89. The molecule has 0 amide bonds. The van der Waals surface area contributed by atoms with Crippen LogP contribution in [0.3, 0.4) is 0 Å². The van der Waals surface area contributed by atoms with Crippen LogP contribution in [0.15, 0.2) is 54.6 Å². The van der Waals surface area contributed by atoms with Crippen LogP contribution >= 0.6 is 0 Å². The molecule has 4 nitrogen and oxygen atoms in total. The lowest BCUT2D eigenvalue weighted by atomic mass is 9.96. The largest absolute Gasteiger partial charge is 0.481 e. The molecule has 0 saturated carbocycles. The first-order chi connectivity index (χ1) is 11.2. The van der Waals surface area contributed by atoms with E-state index in [4.69, 9.17) is 20.6 Å². The maximum absolute atomic E-state index is 12.9. The Morgan fingerprint density at radius 1 is 1.04 bits per heavy atom. The van der Waals surface area contributed by atoms with Crippen LogP contribution in [0, 0.1) is 12.3 Å². The number of hydrogen-bond donors (Lipinski definition) is 0. The Morgan fingerprint density at radius 2 is 1.65 bits per heavy atom. The third kappa shape index (κ3) is 3.42. The Kier molecular flexibility index (Phi) is 5.53. The highest BCUT2D eigenvalue weighted by atomic mass is 16.7. The first kappa shape index (κ1) is 16.8. The van der Waals surface area contributed by atoms with E-state index in [1.165, 1.54) is 14.2 Å². The van der Waals surface area contributed by atoms with Gasteiger partial charge in [-0.3, -0.25) is 4.79 Å². The highest BCUT2D eigenvalue weighted by molar-refractivity contribution is 6.02. The van der Waals surface area contributed by atoms with Gasteiger partial charge in [-0.25, -0.2) is 0 Å². The Balaban J connectivity index is 2.34. The number of ketones is 1. The Bertz CT molecular complexity index is 680. The number of benzene rings is 2. The number of carbonyl (C=O) groups excluding carboxylic acids is 1. The van der Waals surface area contributed by atoms with Gasteiger partial charge in [-0.1, -0.05) is 36.3 Å². The van der Waals surface area contributed by atoms with Gasteiger partial charge in [0, 0.05) is 25.3 Å². The molecule has 0 bridgehead atoms. The molecule has 2 aromatic carbocycles. The van der Waals surface area contributed by atoms with E-state index < -0.39 is 5.79 Å². The monoisotopic (exact) mass is 310 g/mol. The normalized spacial score (nSPS) is 10.8. The average molecular weight is 310 g/mol. The summed E-state index contributed by atoms with van der Waals surface area (Å²) in [6.45, 7) is 0.178. The molecule has 2 aromatic rings. The molecule has 0 radical (unpaired) electrons. The van der Waals surface area contributed by atoms with E-state index in [0.29, 0.717) is 16.9 Å². The standard InChI is InChI=1S/C19H18O4/c1-4-14-23-17-12-10-15(11-13-17)18(20)19(21-2,22-3)16-8-6-5-7-9-16/h1,5-13H,14H2,2-3H3. The molecular formula is C19H18O4. The van der Waals surface area contributed by atoms with Crippen molar-refractivity contribution in [3.05, 3.63) is 65.7 Å². The van der Waals surface area contributed by atoms with Crippen LogP contribution < -0.4 is 4.74 Å². The fraction of sp³-hybridized carbons (Fsp3) is 0.211. The van der Waals surface area contributed by atoms with E-state index >= 15 is 0 Å². The minimum Gasteiger partial charge on any atom is -0.481 e. The van der Waals surface area contributed by atoms with Crippen LogP contribution in [-0.4, -0.2) is 26.6 Å². The van der Waals surface area contributed by atoms with Gasteiger partial charge in [-0.05, 0) is 24.3 Å². The van der Waals surface area contributed by atoms with Crippen molar-refractivity contribution >= 4 is 5.78 Å². The van der Waals surface area contributed by atoms with Crippen LogP contribution in [0.4, 0.5) is 0 Å². The maximum atomic E-state index is 12.9.